The van der Waals surface area contributed by atoms with Gasteiger partial charge in [0.05, 0.1) is 18.4 Å². The van der Waals surface area contributed by atoms with E-state index in [0.29, 0.717) is 12.0 Å². The lowest BCUT2D eigenvalue weighted by Crippen LogP contribution is -2.54. The molecule has 0 amide bonds. The van der Waals surface area contributed by atoms with E-state index in [1.807, 2.05) is 36.7 Å². The van der Waals surface area contributed by atoms with E-state index in [1.54, 1.807) is 0 Å². The lowest BCUT2D eigenvalue weighted by atomic mass is 9.92. The number of aromatic nitrogens is 2. The number of hydrogen-bond acceptors (Lipinski definition) is 4. The molecule has 2 aliphatic rings. The van der Waals surface area contributed by atoms with E-state index in [4.69, 9.17) is 4.74 Å². The van der Waals surface area contributed by atoms with Crippen molar-refractivity contribution in [3.05, 3.63) is 66.4 Å². The van der Waals surface area contributed by atoms with Gasteiger partial charge in [-0.15, -0.1) is 0 Å². The average Bonchev–Trinajstić information content (AvgIpc) is 3.28. The average molecular weight is 499 g/mol. The second-order valence-corrected chi connectivity index (χ2v) is 9.45. The monoisotopic (exact) mass is 498 g/mol. The van der Waals surface area contributed by atoms with Crippen LogP contribution in [0.3, 0.4) is 0 Å². The fourth-order valence-electron chi connectivity index (χ4n) is 5.30. The highest BCUT2D eigenvalue weighted by atomic mass is 32.1. The number of aromatic amines is 1. The number of hydrogen-bond donors (Lipinski definition) is 1. The maximum atomic E-state index is 13.5. The van der Waals surface area contributed by atoms with Gasteiger partial charge in [-0.1, -0.05) is 7.43 Å². The summed E-state index contributed by atoms with van der Waals surface area (Å²) in [5.74, 6) is 0.278. The van der Waals surface area contributed by atoms with Gasteiger partial charge in [0.25, 0.3) is 0 Å². The Labute approximate surface area is 216 Å². The van der Waals surface area contributed by atoms with Crippen molar-refractivity contribution >= 4 is 13.5 Å². The number of likely N-dealkylation sites (tertiary alicyclic amines) is 1. The predicted molar refractivity (Wildman–Crippen MR) is 147 cm³/mol. The molecule has 4 heterocycles. The molecule has 0 radical (unpaired) electrons. The van der Waals surface area contributed by atoms with Gasteiger partial charge in [-0.25, -0.2) is 4.39 Å². The molecular formula is C28H39FN4OS. The number of nitrogens with zero attached hydrogens (tertiary/aromatic N) is 3. The summed E-state index contributed by atoms with van der Waals surface area (Å²) in [5.41, 5.74) is 5.59. The summed E-state index contributed by atoms with van der Waals surface area (Å²) in [6.07, 6.45) is 6.19. The Bertz CT molecular complexity index is 1040. The van der Waals surface area contributed by atoms with Crippen molar-refractivity contribution < 1.29 is 9.13 Å². The van der Waals surface area contributed by atoms with E-state index >= 15 is 0 Å². The molecule has 0 aliphatic carbocycles. The normalized spacial score (nSPS) is 21.8. The summed E-state index contributed by atoms with van der Waals surface area (Å²) in [5, 5.41) is 0. The molecule has 0 saturated carbocycles. The van der Waals surface area contributed by atoms with Gasteiger partial charge in [-0.3, -0.25) is 9.88 Å². The molecule has 0 unspecified atom stereocenters. The smallest absolute Gasteiger partial charge is 0.123 e. The molecule has 2 saturated heterocycles. The van der Waals surface area contributed by atoms with Crippen molar-refractivity contribution in [2.45, 2.75) is 45.3 Å². The third-order valence-corrected chi connectivity index (χ3v) is 7.37. The molecule has 2 aromatic heterocycles. The first-order valence-corrected chi connectivity index (χ1v) is 12.0. The largest absolute Gasteiger partial charge is 0.375 e. The standard InChI is InChI=1S/C27H33FN4O.CH4.H2S/c1-19-26(31(2)15-16-33-19)18-32-13-9-21(10-14-32)25-17-24(20-7-11-29-12-8-20)27(30-25)22-3-5-23(28)6-4-22;;/h3-8,11-12,17,19,21,26,30H,9-10,13-16,18H2,1-2H3;1H4;1H2/t19-,26-;;/m1../s1. The fourth-order valence-corrected chi connectivity index (χ4v) is 5.30. The van der Waals surface area contributed by atoms with Crippen LogP contribution in [0.25, 0.3) is 22.4 Å². The summed E-state index contributed by atoms with van der Waals surface area (Å²) in [4.78, 5) is 12.9. The van der Waals surface area contributed by atoms with Crippen LogP contribution in [-0.2, 0) is 4.74 Å². The number of halogens is 1. The Hall–Kier alpha value is -2.19. The summed E-state index contributed by atoms with van der Waals surface area (Å²) in [6.45, 7) is 7.30. The minimum absolute atomic E-state index is 0. The van der Waals surface area contributed by atoms with E-state index in [9.17, 15) is 4.39 Å². The van der Waals surface area contributed by atoms with Crippen molar-refractivity contribution in [1.82, 2.24) is 19.8 Å². The molecule has 5 nitrogen and oxygen atoms in total. The predicted octanol–water partition coefficient (Wildman–Crippen LogP) is 5.53. The van der Waals surface area contributed by atoms with Gasteiger partial charge in [0, 0.05) is 48.7 Å². The molecule has 190 valence electrons. The van der Waals surface area contributed by atoms with E-state index in [2.05, 4.69) is 39.8 Å². The molecule has 1 aromatic carbocycles. The molecule has 7 heteroatoms. The van der Waals surface area contributed by atoms with Crippen LogP contribution in [0.15, 0.2) is 54.9 Å². The highest BCUT2D eigenvalue weighted by molar-refractivity contribution is 7.59. The van der Waals surface area contributed by atoms with E-state index < -0.39 is 0 Å². The molecule has 2 atom stereocenters. The molecule has 35 heavy (non-hydrogen) atoms. The van der Waals surface area contributed by atoms with Gasteiger partial charge < -0.3 is 14.6 Å². The van der Waals surface area contributed by atoms with Gasteiger partial charge in [-0.05, 0) is 93.5 Å². The van der Waals surface area contributed by atoms with E-state index in [1.165, 1.54) is 17.8 Å². The third-order valence-electron chi connectivity index (χ3n) is 7.37. The van der Waals surface area contributed by atoms with Crippen LogP contribution in [0.4, 0.5) is 4.39 Å². The fraction of sp³-hybridized carbons (Fsp3) is 0.464. The van der Waals surface area contributed by atoms with Crippen LogP contribution in [-0.4, -0.2) is 71.7 Å². The highest BCUT2D eigenvalue weighted by Gasteiger charge is 2.31. The summed E-state index contributed by atoms with van der Waals surface area (Å²) in [7, 11) is 2.22. The SMILES string of the molecule is C.C[C@H]1OCCN(C)[C@@H]1CN1CCC(c2cc(-c3ccncc3)c(-c3ccc(F)cc3)[nH]2)CC1.S. The number of rotatable bonds is 5. The molecule has 2 fully saturated rings. The number of morpholine rings is 1. The summed E-state index contributed by atoms with van der Waals surface area (Å²) in [6, 6.07) is 13.6. The number of ether oxygens (including phenoxy) is 1. The lowest BCUT2D eigenvalue weighted by molar-refractivity contribution is -0.0624. The quantitative estimate of drug-likeness (QED) is 0.502. The molecule has 1 N–H and O–H groups in total. The zero-order valence-electron chi connectivity index (χ0n) is 20.0. The van der Waals surface area contributed by atoms with Crippen molar-refractivity contribution in [1.29, 1.82) is 0 Å². The Morgan fingerprint density at radius 1 is 1.03 bits per heavy atom. The molecule has 5 rings (SSSR count). The van der Waals surface area contributed by atoms with Gasteiger partial charge in [0.2, 0.25) is 0 Å². The second-order valence-electron chi connectivity index (χ2n) is 9.45. The maximum absolute atomic E-state index is 13.5. The third kappa shape index (κ3) is 6.15. The van der Waals surface area contributed by atoms with Crippen LogP contribution in [0.2, 0.25) is 0 Å². The van der Waals surface area contributed by atoms with Crippen LogP contribution in [0, 0.1) is 5.82 Å². The van der Waals surface area contributed by atoms with Gasteiger partial charge in [0.15, 0.2) is 0 Å². The topological polar surface area (TPSA) is 44.4 Å². The Balaban J connectivity index is 0.00000171. The molecule has 0 bridgehead atoms. The number of benzene rings is 1. The van der Waals surface area contributed by atoms with Crippen LogP contribution in [0.5, 0.6) is 0 Å². The molecule has 0 spiro atoms. The van der Waals surface area contributed by atoms with Crippen molar-refractivity contribution in [2.24, 2.45) is 0 Å². The van der Waals surface area contributed by atoms with Gasteiger partial charge >= 0.3 is 0 Å². The summed E-state index contributed by atoms with van der Waals surface area (Å²) >= 11 is 0. The van der Waals surface area contributed by atoms with Crippen LogP contribution < -0.4 is 0 Å². The lowest BCUT2D eigenvalue weighted by Gasteiger charge is -2.42. The molecular weight excluding hydrogens is 459 g/mol. The highest BCUT2D eigenvalue weighted by Crippen LogP contribution is 2.37. The number of pyridine rings is 1. The number of nitrogens with one attached hydrogen (secondary N) is 1. The Kier molecular flexibility index (Phi) is 9.53. The Morgan fingerprint density at radius 2 is 1.71 bits per heavy atom. The zero-order chi connectivity index (χ0) is 22.8. The number of likely N-dealkylation sites (N-methyl/N-ethyl adjacent to an activating group) is 1. The van der Waals surface area contributed by atoms with Crippen LogP contribution in [0.1, 0.15) is 38.8 Å². The first-order valence-electron chi connectivity index (χ1n) is 12.0. The molecule has 3 aromatic rings. The van der Waals surface area contributed by atoms with Crippen LogP contribution >= 0.6 is 13.5 Å². The zero-order valence-corrected chi connectivity index (χ0v) is 21.0. The minimum atomic E-state index is -0.216. The first-order chi connectivity index (χ1) is 16.1. The van der Waals surface area contributed by atoms with Gasteiger partial charge in [-0.2, -0.15) is 13.5 Å². The maximum Gasteiger partial charge on any atom is 0.123 e. The van der Waals surface area contributed by atoms with E-state index in [-0.39, 0.29) is 32.8 Å². The first kappa shape index (κ1) is 27.4. The second kappa shape index (κ2) is 12.2. The van der Waals surface area contributed by atoms with Crippen molar-refractivity contribution in [2.75, 3.05) is 39.8 Å². The van der Waals surface area contributed by atoms with E-state index in [0.717, 1.165) is 68.0 Å². The molecule has 2 aliphatic heterocycles. The van der Waals surface area contributed by atoms with Crippen molar-refractivity contribution in [3.63, 3.8) is 0 Å². The Morgan fingerprint density at radius 3 is 2.37 bits per heavy atom. The number of H-pyrrole nitrogens is 1. The van der Waals surface area contributed by atoms with Gasteiger partial charge in [0.1, 0.15) is 5.82 Å². The summed E-state index contributed by atoms with van der Waals surface area (Å²) < 4.78 is 19.4. The number of piperidine rings is 1. The minimum Gasteiger partial charge on any atom is -0.375 e. The van der Waals surface area contributed by atoms with Crippen molar-refractivity contribution in [3.8, 4) is 22.4 Å².